The molecule has 0 amide bonds. The first-order chi connectivity index (χ1) is 14.9. The van der Waals surface area contributed by atoms with Crippen molar-refractivity contribution in [2.24, 2.45) is 7.05 Å². The van der Waals surface area contributed by atoms with Gasteiger partial charge in [0.25, 0.3) is 0 Å². The van der Waals surface area contributed by atoms with Crippen LogP contribution in [0.5, 0.6) is 5.75 Å². The summed E-state index contributed by atoms with van der Waals surface area (Å²) in [6, 6.07) is 11.4. The molecule has 1 aliphatic rings. The van der Waals surface area contributed by atoms with Crippen LogP contribution in [0.15, 0.2) is 48.8 Å². The van der Waals surface area contributed by atoms with Crippen molar-refractivity contribution in [1.82, 2.24) is 19.7 Å². The first-order valence-corrected chi connectivity index (χ1v) is 9.90. The van der Waals surface area contributed by atoms with Crippen molar-refractivity contribution < 1.29 is 9.13 Å². The first kappa shape index (κ1) is 19.1. The van der Waals surface area contributed by atoms with Crippen molar-refractivity contribution in [2.45, 2.75) is 19.4 Å². The van der Waals surface area contributed by atoms with Crippen LogP contribution in [0, 0.1) is 5.82 Å². The maximum atomic E-state index is 14.4. The number of nitrogens with zero attached hydrogens (tertiary/aromatic N) is 4. The molecule has 0 saturated carbocycles. The molecule has 0 spiro atoms. The average Bonchev–Trinajstić information content (AvgIpc) is 3.10. The molecule has 0 saturated heterocycles. The van der Waals surface area contributed by atoms with E-state index < -0.39 is 5.82 Å². The number of aryl methyl sites for hydroxylation is 1. The molecule has 3 N–H and O–H groups in total. The van der Waals surface area contributed by atoms with Gasteiger partial charge >= 0.3 is 0 Å². The van der Waals surface area contributed by atoms with Gasteiger partial charge in [0, 0.05) is 23.8 Å². The minimum atomic E-state index is -0.546. The Balaban J connectivity index is 1.39. The van der Waals surface area contributed by atoms with Crippen LogP contribution in [0.2, 0.25) is 0 Å². The number of hydrogen-bond donors (Lipinski definition) is 3. The summed E-state index contributed by atoms with van der Waals surface area (Å²) < 4.78 is 22.0. The van der Waals surface area contributed by atoms with Crippen LogP contribution in [0.1, 0.15) is 13.8 Å². The topological polar surface area (TPSA) is 88.9 Å². The molecule has 8 nitrogen and oxygen atoms in total. The molecule has 31 heavy (non-hydrogen) atoms. The predicted octanol–water partition coefficient (Wildman–Crippen LogP) is 4.57. The van der Waals surface area contributed by atoms with Crippen LogP contribution in [-0.2, 0) is 7.05 Å². The Bertz CT molecular complexity index is 1280. The fourth-order valence-corrected chi connectivity index (χ4v) is 3.49. The lowest BCUT2D eigenvalue weighted by molar-refractivity contribution is 0.242. The molecule has 0 atom stereocenters. The lowest BCUT2D eigenvalue weighted by Crippen LogP contribution is -2.40. The first-order valence-electron chi connectivity index (χ1n) is 9.90. The van der Waals surface area contributed by atoms with E-state index in [2.05, 4.69) is 44.9 Å². The van der Waals surface area contributed by atoms with Gasteiger partial charge in [-0.1, -0.05) is 0 Å². The van der Waals surface area contributed by atoms with E-state index in [1.54, 1.807) is 10.9 Å². The number of fused-ring (bicyclic) bond motifs is 2. The molecule has 2 aromatic heterocycles. The van der Waals surface area contributed by atoms with Crippen molar-refractivity contribution in [3.05, 3.63) is 54.6 Å². The minimum absolute atomic E-state index is 0.0787. The van der Waals surface area contributed by atoms with Gasteiger partial charge in [-0.2, -0.15) is 10.1 Å². The van der Waals surface area contributed by atoms with Crippen molar-refractivity contribution in [2.75, 3.05) is 22.6 Å². The summed E-state index contributed by atoms with van der Waals surface area (Å²) in [5.41, 5.74) is 3.10. The Hall–Kier alpha value is -3.88. The molecule has 0 radical (unpaired) electrons. The molecule has 4 aromatic rings. The van der Waals surface area contributed by atoms with Gasteiger partial charge in [-0.3, -0.25) is 4.68 Å². The summed E-state index contributed by atoms with van der Waals surface area (Å²) in [5, 5.41) is 14.9. The number of aromatic nitrogens is 4. The van der Waals surface area contributed by atoms with E-state index in [0.29, 0.717) is 12.3 Å². The summed E-state index contributed by atoms with van der Waals surface area (Å²) in [5.74, 6) is 0.580. The Labute approximate surface area is 178 Å². The third-order valence-corrected chi connectivity index (χ3v) is 5.05. The molecule has 9 heteroatoms. The molecule has 158 valence electrons. The maximum Gasteiger partial charge on any atom is 0.229 e. The van der Waals surface area contributed by atoms with Crippen LogP contribution in [0.25, 0.3) is 10.9 Å². The lowest BCUT2D eigenvalue weighted by atomic mass is 10.0. The number of ether oxygens (including phenoxy) is 1. The van der Waals surface area contributed by atoms with Gasteiger partial charge in [0.2, 0.25) is 5.95 Å². The number of benzene rings is 2. The van der Waals surface area contributed by atoms with Crippen LogP contribution >= 0.6 is 0 Å². The second-order valence-electron chi connectivity index (χ2n) is 8.19. The molecule has 0 bridgehead atoms. The fraction of sp³-hybridized carbons (Fsp3) is 0.227. The van der Waals surface area contributed by atoms with E-state index in [-0.39, 0.29) is 17.3 Å². The highest BCUT2D eigenvalue weighted by Crippen LogP contribution is 2.35. The number of halogens is 1. The SMILES string of the molecule is Cn1ncc2ccc(Nc3ncc(F)c(Nc4ccc5c(c4)NC(C)(C)CO5)n3)cc21. The number of anilines is 5. The summed E-state index contributed by atoms with van der Waals surface area (Å²) in [6.07, 6.45) is 2.94. The van der Waals surface area contributed by atoms with E-state index in [0.717, 1.165) is 34.2 Å². The van der Waals surface area contributed by atoms with Crippen LogP contribution in [0.4, 0.5) is 33.2 Å². The van der Waals surface area contributed by atoms with E-state index in [4.69, 9.17) is 4.74 Å². The monoisotopic (exact) mass is 419 g/mol. The second kappa shape index (κ2) is 7.12. The third-order valence-electron chi connectivity index (χ3n) is 5.05. The van der Waals surface area contributed by atoms with Crippen molar-refractivity contribution >= 4 is 39.7 Å². The highest BCUT2D eigenvalue weighted by molar-refractivity contribution is 5.83. The molecular formula is C22H22FN7O. The predicted molar refractivity (Wildman–Crippen MR) is 119 cm³/mol. The summed E-state index contributed by atoms with van der Waals surface area (Å²) in [6.45, 7) is 4.69. The molecular weight excluding hydrogens is 397 g/mol. The van der Waals surface area contributed by atoms with Crippen molar-refractivity contribution in [3.63, 3.8) is 0 Å². The summed E-state index contributed by atoms with van der Waals surface area (Å²) in [7, 11) is 1.88. The van der Waals surface area contributed by atoms with Gasteiger partial charge in [-0.15, -0.1) is 0 Å². The molecule has 3 heterocycles. The quantitative estimate of drug-likeness (QED) is 0.446. The Morgan fingerprint density at radius 1 is 1.10 bits per heavy atom. The zero-order valence-corrected chi connectivity index (χ0v) is 17.4. The second-order valence-corrected chi connectivity index (χ2v) is 8.19. The Morgan fingerprint density at radius 2 is 1.90 bits per heavy atom. The smallest absolute Gasteiger partial charge is 0.229 e. The standard InChI is InChI=1S/C22H22FN7O/c1-22(2)12-31-19-7-6-14(8-17(19)29-22)26-20-16(23)11-24-21(28-20)27-15-5-4-13-10-25-30(3)18(13)9-15/h4-11,29H,12H2,1-3H3,(H2,24,26,27,28). The van der Waals surface area contributed by atoms with Gasteiger partial charge in [-0.05, 0) is 50.2 Å². The summed E-state index contributed by atoms with van der Waals surface area (Å²) >= 11 is 0. The maximum absolute atomic E-state index is 14.4. The van der Waals surface area contributed by atoms with Gasteiger partial charge in [0.05, 0.1) is 29.1 Å². The summed E-state index contributed by atoms with van der Waals surface area (Å²) in [4.78, 5) is 8.37. The van der Waals surface area contributed by atoms with Crippen molar-refractivity contribution in [3.8, 4) is 5.75 Å². The van der Waals surface area contributed by atoms with E-state index in [1.807, 2.05) is 43.4 Å². The van der Waals surface area contributed by atoms with Crippen LogP contribution in [-0.4, -0.2) is 31.9 Å². The highest BCUT2D eigenvalue weighted by atomic mass is 19.1. The average molecular weight is 419 g/mol. The van der Waals surface area contributed by atoms with E-state index >= 15 is 0 Å². The van der Waals surface area contributed by atoms with Gasteiger partial charge in [-0.25, -0.2) is 9.37 Å². The van der Waals surface area contributed by atoms with Gasteiger partial charge < -0.3 is 20.7 Å². The molecule has 2 aromatic carbocycles. The highest BCUT2D eigenvalue weighted by Gasteiger charge is 2.25. The largest absolute Gasteiger partial charge is 0.489 e. The van der Waals surface area contributed by atoms with Crippen LogP contribution in [0.3, 0.4) is 0 Å². The lowest BCUT2D eigenvalue weighted by Gasteiger charge is -2.33. The van der Waals surface area contributed by atoms with E-state index in [1.165, 1.54) is 0 Å². The number of hydrogen-bond acceptors (Lipinski definition) is 7. The normalized spacial score (nSPS) is 14.5. The van der Waals surface area contributed by atoms with Crippen molar-refractivity contribution in [1.29, 1.82) is 0 Å². The van der Waals surface area contributed by atoms with E-state index in [9.17, 15) is 4.39 Å². The Kier molecular flexibility index (Phi) is 4.39. The minimum Gasteiger partial charge on any atom is -0.489 e. The zero-order valence-electron chi connectivity index (χ0n) is 17.4. The molecule has 0 fully saturated rings. The molecule has 0 unspecified atom stereocenters. The fourth-order valence-electron chi connectivity index (χ4n) is 3.49. The number of rotatable bonds is 4. The number of nitrogens with one attached hydrogen (secondary N) is 3. The molecule has 5 rings (SSSR count). The molecule has 0 aliphatic carbocycles. The third kappa shape index (κ3) is 3.81. The zero-order chi connectivity index (χ0) is 21.6. The Morgan fingerprint density at radius 3 is 2.77 bits per heavy atom. The van der Waals surface area contributed by atoms with Gasteiger partial charge in [0.1, 0.15) is 12.4 Å². The van der Waals surface area contributed by atoms with Gasteiger partial charge in [0.15, 0.2) is 11.6 Å². The van der Waals surface area contributed by atoms with Crippen LogP contribution < -0.4 is 20.7 Å². The molecule has 1 aliphatic heterocycles.